The average Bonchev–Trinajstić information content (AvgIpc) is 2.82. The fourth-order valence-corrected chi connectivity index (χ4v) is 4.55. The van der Waals surface area contributed by atoms with Gasteiger partial charge in [-0.1, -0.05) is 18.3 Å². The van der Waals surface area contributed by atoms with E-state index in [9.17, 15) is 0 Å². The minimum absolute atomic E-state index is 0. The molecular formula is C12H16N2ReRfVWY-2. The maximum atomic E-state index is 4.22. The van der Waals surface area contributed by atoms with Crippen molar-refractivity contribution in [3.05, 3.63) is 12.8 Å². The Labute approximate surface area is 175 Å². The molecule has 5 rings (SSSR count). The molecule has 0 saturated heterocycles. The molecule has 0 N–H and O–H groups in total. The second-order valence-corrected chi connectivity index (χ2v) is 6.01. The van der Waals surface area contributed by atoms with Gasteiger partial charge in [-0.2, -0.15) is 29.5 Å². The van der Waals surface area contributed by atoms with Crippen LogP contribution in [0.2, 0.25) is 0 Å². The maximum Gasteiger partial charge on any atom is 0.0738 e. The second kappa shape index (κ2) is 7.27. The predicted octanol–water partition coefficient (Wildman–Crippen LogP) is 3.15. The van der Waals surface area contributed by atoms with Crippen LogP contribution in [0.15, 0.2) is 10.2 Å². The fourth-order valence-electron chi connectivity index (χ4n) is 4.55. The largest absolute Gasteiger partial charge is 0.313 e. The van der Waals surface area contributed by atoms with E-state index in [4.69, 9.17) is 0 Å². The van der Waals surface area contributed by atoms with Crippen LogP contribution in [0.5, 0.6) is 0 Å². The minimum Gasteiger partial charge on any atom is -0.313 e. The second-order valence-electron chi connectivity index (χ2n) is 6.01. The molecule has 0 aromatic rings. The average molecular weight is 965 g/mol. The zero-order valence-electron chi connectivity index (χ0n) is 11.0. The first-order chi connectivity index (χ1) is 6.69. The van der Waals surface area contributed by atoms with Gasteiger partial charge in [0.2, 0.25) is 0 Å². The Bertz CT molecular complexity index is 304. The van der Waals surface area contributed by atoms with Crippen LogP contribution in [0.25, 0.3) is 0 Å². The number of hydrogen-bond acceptors (Lipinski definition) is 2. The van der Waals surface area contributed by atoms with Gasteiger partial charge in [-0.05, 0) is 18.3 Å². The summed E-state index contributed by atoms with van der Waals surface area (Å²) in [6.07, 6.45) is 8.29. The van der Waals surface area contributed by atoms with E-state index in [1.54, 1.807) is 0 Å². The molecule has 5 aliphatic rings. The van der Waals surface area contributed by atoms with Crippen LogP contribution in [0.4, 0.5) is 0 Å². The molecule has 99 valence electrons. The molecular weight excluding hydrogens is 949 g/mol. The summed E-state index contributed by atoms with van der Waals surface area (Å²) < 4.78 is 0. The van der Waals surface area contributed by atoms with Crippen molar-refractivity contribution < 1.29 is 92.8 Å². The van der Waals surface area contributed by atoms with E-state index < -0.39 is 0 Å². The molecule has 4 bridgehead atoms. The molecule has 0 aromatic carbocycles. The maximum absolute atomic E-state index is 4.22. The third-order valence-corrected chi connectivity index (χ3v) is 4.96. The SMILES string of the molecule is [CH2-]C1(C23C[C-]4CC(CC(C4)C2)C3)N=N1.[Re].[Rf].[V].[W].[Y]. The Balaban J connectivity index is 0. The van der Waals surface area contributed by atoms with E-state index >= 15 is 0 Å². The van der Waals surface area contributed by atoms with E-state index in [0.29, 0.717) is 5.41 Å². The van der Waals surface area contributed by atoms with Gasteiger partial charge in [0.05, 0.1) is 5.66 Å². The van der Waals surface area contributed by atoms with Crippen molar-refractivity contribution in [2.45, 2.75) is 44.2 Å². The van der Waals surface area contributed by atoms with Crippen LogP contribution < -0.4 is 0 Å². The Morgan fingerprint density at radius 2 is 1.58 bits per heavy atom. The summed E-state index contributed by atoms with van der Waals surface area (Å²) in [5.74, 6) is 3.72. The van der Waals surface area contributed by atoms with E-state index in [0.717, 1.165) is 11.8 Å². The molecule has 4 fully saturated rings. The van der Waals surface area contributed by atoms with Gasteiger partial charge in [-0.3, -0.25) is 6.92 Å². The summed E-state index contributed by atoms with van der Waals surface area (Å²) in [7, 11) is 0. The van der Waals surface area contributed by atoms with Gasteiger partial charge in [-0.25, -0.2) is 0 Å². The normalized spacial score (nSPS) is 38.8. The topological polar surface area (TPSA) is 24.7 Å². The molecule has 19 heavy (non-hydrogen) atoms. The third-order valence-electron chi connectivity index (χ3n) is 4.96. The molecule has 0 spiro atoms. The van der Waals surface area contributed by atoms with Crippen molar-refractivity contribution in [2.24, 2.45) is 27.5 Å². The molecule has 1 heterocycles. The molecule has 2 nitrogen and oxygen atoms in total. The van der Waals surface area contributed by atoms with E-state index in [2.05, 4.69) is 17.2 Å². The monoisotopic (exact) mass is 966 g/mol. The standard InChI is InChI=1S/C12H16N2.Re.Rf.V.W.Y/c1-11(13-14-11)12-5-8-2-9(6-12)4-10(3-8)7-12;;;;;/h8-9H,1-7H2;;;;;/q-2;;;;;. The number of hydrogen-bond donors (Lipinski definition) is 0. The van der Waals surface area contributed by atoms with Crippen LogP contribution >= 0.6 is 0 Å². The van der Waals surface area contributed by atoms with Crippen LogP contribution in [0, 0.1) is 30.1 Å². The zero-order chi connectivity index (χ0) is 9.39. The third kappa shape index (κ3) is 3.36. The Morgan fingerprint density at radius 1 is 1.11 bits per heavy atom. The summed E-state index contributed by atoms with van der Waals surface area (Å²) in [6, 6.07) is 0. The molecule has 1 aliphatic heterocycles. The molecule has 3 radical (unpaired) electrons. The molecule has 4 saturated carbocycles. The predicted molar refractivity (Wildman–Crippen MR) is 53.3 cm³/mol. The molecule has 7 heteroatoms. The van der Waals surface area contributed by atoms with Gasteiger partial charge in [0.15, 0.2) is 0 Å². The van der Waals surface area contributed by atoms with Gasteiger partial charge in [0.1, 0.15) is 0 Å². The quantitative estimate of drug-likeness (QED) is 0.362. The summed E-state index contributed by atoms with van der Waals surface area (Å²) in [5.41, 5.74) is 0.155. The Kier molecular flexibility index (Phi) is 8.76. The molecule has 0 amide bonds. The van der Waals surface area contributed by atoms with Crippen molar-refractivity contribution in [1.82, 2.24) is 0 Å². The molecule has 0 aromatic heterocycles. The van der Waals surface area contributed by atoms with Crippen molar-refractivity contribution in [1.29, 1.82) is 0 Å². The van der Waals surface area contributed by atoms with Gasteiger partial charge in [-0.15, -0.1) is 0 Å². The Hall–Kier alpha value is 1.64. The molecule has 4 aliphatic carbocycles. The summed E-state index contributed by atoms with van der Waals surface area (Å²) >= 11 is 0. The number of rotatable bonds is 1. The summed E-state index contributed by atoms with van der Waals surface area (Å²) in [6.45, 7) is 4.22. The number of nitrogens with zero attached hydrogens (tertiary/aromatic N) is 2. The van der Waals surface area contributed by atoms with E-state index in [1.807, 2.05) is 5.92 Å². The Morgan fingerprint density at radius 3 is 1.95 bits per heavy atom. The van der Waals surface area contributed by atoms with Crippen molar-refractivity contribution in [3.8, 4) is 0 Å². The van der Waals surface area contributed by atoms with E-state index in [1.165, 1.54) is 38.5 Å². The van der Waals surface area contributed by atoms with Crippen LogP contribution in [-0.2, 0) is 92.8 Å². The summed E-state index contributed by atoms with van der Waals surface area (Å²) in [5, 5.41) is 8.45. The summed E-state index contributed by atoms with van der Waals surface area (Å²) in [4.78, 5) is 0. The van der Waals surface area contributed by atoms with Crippen LogP contribution in [0.1, 0.15) is 38.5 Å². The van der Waals surface area contributed by atoms with Gasteiger partial charge in [0, 0.05) is 92.8 Å². The van der Waals surface area contributed by atoms with Crippen molar-refractivity contribution >= 4 is 0 Å². The van der Waals surface area contributed by atoms with Gasteiger partial charge in [0.25, 0.3) is 0 Å². The smallest absolute Gasteiger partial charge is 0.0738 e. The molecule has 2 unspecified atom stereocenters. The first kappa shape index (κ1) is 22.9. The van der Waals surface area contributed by atoms with Gasteiger partial charge < -0.3 is 5.92 Å². The van der Waals surface area contributed by atoms with Gasteiger partial charge >= 0.3 is 0 Å². The zero-order valence-corrected chi connectivity index (χ0v) is 27.3. The fraction of sp³-hybridized carbons (Fsp3) is 0.833. The molecule has 2 atom stereocenters. The van der Waals surface area contributed by atoms with E-state index in [-0.39, 0.29) is 98.4 Å². The van der Waals surface area contributed by atoms with Crippen molar-refractivity contribution in [3.63, 3.8) is 0 Å². The van der Waals surface area contributed by atoms with Crippen LogP contribution in [-0.4, -0.2) is 5.66 Å². The first-order valence-electron chi connectivity index (χ1n) is 5.82. The van der Waals surface area contributed by atoms with Crippen molar-refractivity contribution in [2.75, 3.05) is 0 Å². The first-order valence-corrected chi connectivity index (χ1v) is 5.82. The van der Waals surface area contributed by atoms with Crippen LogP contribution in [0.3, 0.4) is 0 Å². The minimum atomic E-state index is -0.212.